The third-order valence-corrected chi connectivity index (χ3v) is 5.21. The van der Waals surface area contributed by atoms with E-state index in [4.69, 9.17) is 4.74 Å². The van der Waals surface area contributed by atoms with Crippen LogP contribution in [0.25, 0.3) is 0 Å². The molecule has 2 rings (SSSR count). The van der Waals surface area contributed by atoms with Crippen molar-refractivity contribution in [3.8, 4) is 0 Å². The van der Waals surface area contributed by atoms with Gasteiger partial charge in [0.05, 0.1) is 6.61 Å². The molecule has 1 amide bonds. The Kier molecular flexibility index (Phi) is 5.49. The minimum Gasteiger partial charge on any atom is -0.380 e. The largest absolute Gasteiger partial charge is 0.380 e. The van der Waals surface area contributed by atoms with Gasteiger partial charge in [-0.3, -0.25) is 4.79 Å². The number of nitrogens with zero attached hydrogens (tertiary/aromatic N) is 1. The number of carbonyl (C=O) groups is 1. The first-order chi connectivity index (χ1) is 9.63. The molecule has 1 heterocycles. The monoisotopic (exact) mass is 293 g/mol. The predicted octanol–water partition coefficient (Wildman–Crippen LogP) is 3.05. The molecule has 1 aromatic carbocycles. The Hall–Kier alpha value is -1.00. The van der Waals surface area contributed by atoms with Gasteiger partial charge in [0.2, 0.25) is 0 Å². The quantitative estimate of drug-likeness (QED) is 0.854. The van der Waals surface area contributed by atoms with Crippen molar-refractivity contribution in [3.05, 3.63) is 35.4 Å². The fraction of sp³-hybridized carbons (Fsp3) is 0.562. The first-order valence-electron chi connectivity index (χ1n) is 7.11. The van der Waals surface area contributed by atoms with E-state index in [-0.39, 0.29) is 5.91 Å². The average molecular weight is 293 g/mol. The molecule has 1 aliphatic heterocycles. The van der Waals surface area contributed by atoms with E-state index in [0.717, 1.165) is 30.0 Å². The molecule has 0 spiro atoms. The molecule has 4 heteroatoms. The van der Waals surface area contributed by atoms with Crippen molar-refractivity contribution in [2.75, 3.05) is 26.0 Å². The molecule has 0 unspecified atom stereocenters. The highest BCUT2D eigenvalue weighted by atomic mass is 32.2. The van der Waals surface area contributed by atoms with Crippen LogP contribution in [-0.2, 0) is 11.3 Å². The summed E-state index contributed by atoms with van der Waals surface area (Å²) in [5.74, 6) is 1.77. The minimum atomic E-state index is 0.142. The zero-order valence-electron chi connectivity index (χ0n) is 12.5. The lowest BCUT2D eigenvalue weighted by atomic mass is 10.1. The van der Waals surface area contributed by atoms with Gasteiger partial charge in [0, 0.05) is 36.8 Å². The number of rotatable bonds is 4. The molecule has 0 bridgehead atoms. The van der Waals surface area contributed by atoms with Gasteiger partial charge >= 0.3 is 0 Å². The second-order valence-corrected chi connectivity index (χ2v) is 6.84. The molecule has 0 aromatic heterocycles. The Morgan fingerprint density at radius 3 is 2.90 bits per heavy atom. The topological polar surface area (TPSA) is 29.5 Å². The number of ether oxygens (including phenoxy) is 1. The molecule has 1 atom stereocenters. The number of hydrogen-bond donors (Lipinski definition) is 0. The summed E-state index contributed by atoms with van der Waals surface area (Å²) < 4.78 is 5.19. The molecule has 1 aromatic rings. The van der Waals surface area contributed by atoms with Crippen molar-refractivity contribution >= 4 is 17.7 Å². The van der Waals surface area contributed by atoms with Crippen LogP contribution < -0.4 is 0 Å². The highest BCUT2D eigenvalue weighted by molar-refractivity contribution is 8.00. The van der Waals surface area contributed by atoms with Crippen molar-refractivity contribution in [1.29, 1.82) is 0 Å². The van der Waals surface area contributed by atoms with Gasteiger partial charge in [0.15, 0.2) is 0 Å². The summed E-state index contributed by atoms with van der Waals surface area (Å²) >= 11 is 1.98. The molecule has 3 nitrogen and oxygen atoms in total. The van der Waals surface area contributed by atoms with Crippen molar-refractivity contribution in [2.45, 2.75) is 25.7 Å². The van der Waals surface area contributed by atoms with E-state index in [1.54, 1.807) is 7.11 Å². The molecule has 0 aliphatic carbocycles. The van der Waals surface area contributed by atoms with Crippen molar-refractivity contribution in [2.24, 2.45) is 5.92 Å². The third kappa shape index (κ3) is 3.55. The third-order valence-electron chi connectivity index (χ3n) is 3.67. The fourth-order valence-corrected chi connectivity index (χ4v) is 3.74. The second-order valence-electron chi connectivity index (χ2n) is 5.49. The van der Waals surface area contributed by atoms with E-state index in [2.05, 4.69) is 13.8 Å². The van der Waals surface area contributed by atoms with Gasteiger partial charge in [0.1, 0.15) is 0 Å². The van der Waals surface area contributed by atoms with E-state index in [0.29, 0.717) is 17.8 Å². The summed E-state index contributed by atoms with van der Waals surface area (Å²) in [5.41, 5.74) is 1.75. The van der Waals surface area contributed by atoms with Crippen LogP contribution in [0.2, 0.25) is 0 Å². The fourth-order valence-electron chi connectivity index (χ4n) is 2.44. The Labute approximate surface area is 125 Å². The summed E-state index contributed by atoms with van der Waals surface area (Å²) in [6, 6.07) is 7.75. The van der Waals surface area contributed by atoms with Gasteiger partial charge < -0.3 is 9.64 Å². The van der Waals surface area contributed by atoms with Crippen LogP contribution in [0.5, 0.6) is 0 Å². The van der Waals surface area contributed by atoms with Crippen LogP contribution in [-0.4, -0.2) is 42.0 Å². The number of hydrogen-bond acceptors (Lipinski definition) is 3. The predicted molar refractivity (Wildman–Crippen MR) is 84.1 cm³/mol. The maximum absolute atomic E-state index is 12.7. The Balaban J connectivity index is 2.14. The summed E-state index contributed by atoms with van der Waals surface area (Å²) in [4.78, 5) is 14.7. The van der Waals surface area contributed by atoms with E-state index >= 15 is 0 Å². The lowest BCUT2D eigenvalue weighted by molar-refractivity contribution is 0.0751. The number of methoxy groups -OCH3 is 1. The lowest BCUT2D eigenvalue weighted by Crippen LogP contribution is -2.43. The molecule has 0 N–H and O–H groups in total. The van der Waals surface area contributed by atoms with Crippen LogP contribution in [0, 0.1) is 5.92 Å². The van der Waals surface area contributed by atoms with Crippen LogP contribution in [0.15, 0.2) is 24.3 Å². The van der Waals surface area contributed by atoms with Crippen molar-refractivity contribution in [1.82, 2.24) is 4.90 Å². The SMILES string of the molecule is COCc1ccccc1C(=O)N1CCS[C@@H](C(C)C)C1. The molecule has 1 fully saturated rings. The van der Waals surface area contributed by atoms with E-state index < -0.39 is 0 Å². The number of benzene rings is 1. The summed E-state index contributed by atoms with van der Waals surface area (Å²) in [6.07, 6.45) is 0. The molecule has 0 saturated carbocycles. The van der Waals surface area contributed by atoms with Crippen molar-refractivity contribution < 1.29 is 9.53 Å². The van der Waals surface area contributed by atoms with Crippen LogP contribution >= 0.6 is 11.8 Å². The van der Waals surface area contributed by atoms with Gasteiger partial charge in [0.25, 0.3) is 5.91 Å². The maximum atomic E-state index is 12.7. The Bertz CT molecular complexity index is 462. The van der Waals surface area contributed by atoms with E-state index in [1.807, 2.05) is 40.9 Å². The van der Waals surface area contributed by atoms with Gasteiger partial charge in [-0.15, -0.1) is 0 Å². The van der Waals surface area contributed by atoms with Gasteiger partial charge in [-0.05, 0) is 17.5 Å². The average Bonchev–Trinajstić information content (AvgIpc) is 2.47. The Morgan fingerprint density at radius 1 is 1.45 bits per heavy atom. The maximum Gasteiger partial charge on any atom is 0.254 e. The molecule has 1 aliphatic rings. The smallest absolute Gasteiger partial charge is 0.254 e. The highest BCUT2D eigenvalue weighted by Gasteiger charge is 2.27. The normalized spacial score (nSPS) is 19.4. The number of amides is 1. The minimum absolute atomic E-state index is 0.142. The molecule has 110 valence electrons. The zero-order valence-corrected chi connectivity index (χ0v) is 13.3. The molecular weight excluding hydrogens is 270 g/mol. The number of carbonyl (C=O) groups excluding carboxylic acids is 1. The first kappa shape index (κ1) is 15.4. The highest BCUT2D eigenvalue weighted by Crippen LogP contribution is 2.26. The van der Waals surface area contributed by atoms with E-state index in [1.165, 1.54) is 0 Å². The Morgan fingerprint density at radius 2 is 2.20 bits per heavy atom. The van der Waals surface area contributed by atoms with Crippen LogP contribution in [0.1, 0.15) is 29.8 Å². The van der Waals surface area contributed by atoms with Crippen LogP contribution in [0.3, 0.4) is 0 Å². The first-order valence-corrected chi connectivity index (χ1v) is 8.16. The van der Waals surface area contributed by atoms with Crippen LogP contribution in [0.4, 0.5) is 0 Å². The molecule has 1 saturated heterocycles. The number of thioether (sulfide) groups is 1. The molecule has 0 radical (unpaired) electrons. The summed E-state index contributed by atoms with van der Waals surface area (Å²) in [6.45, 7) is 6.63. The molecule has 20 heavy (non-hydrogen) atoms. The summed E-state index contributed by atoms with van der Waals surface area (Å²) in [5, 5.41) is 0.544. The summed E-state index contributed by atoms with van der Waals surface area (Å²) in [7, 11) is 1.66. The second kappa shape index (κ2) is 7.14. The van der Waals surface area contributed by atoms with Gasteiger partial charge in [-0.2, -0.15) is 11.8 Å². The lowest BCUT2D eigenvalue weighted by Gasteiger charge is -2.34. The zero-order chi connectivity index (χ0) is 14.5. The van der Waals surface area contributed by atoms with Gasteiger partial charge in [-0.1, -0.05) is 32.0 Å². The van der Waals surface area contributed by atoms with Crippen molar-refractivity contribution in [3.63, 3.8) is 0 Å². The van der Waals surface area contributed by atoms with Gasteiger partial charge in [-0.25, -0.2) is 0 Å². The van der Waals surface area contributed by atoms with E-state index in [9.17, 15) is 4.79 Å². The molecular formula is C16H23NO2S. The standard InChI is InChI=1S/C16H23NO2S/c1-12(2)15-10-17(8-9-20-15)16(18)14-7-5-4-6-13(14)11-19-3/h4-7,12,15H,8-11H2,1-3H3/t15-/m1/s1.